The van der Waals surface area contributed by atoms with E-state index < -0.39 is 11.8 Å². The lowest BCUT2D eigenvalue weighted by Gasteiger charge is -2.04. The molecule has 0 heterocycles. The van der Waals surface area contributed by atoms with Crippen LogP contribution in [-0.4, -0.2) is 13.1 Å². The molecular weight excluding hydrogens is 185 g/mol. The van der Waals surface area contributed by atoms with Crippen LogP contribution in [0.5, 0.6) is 0 Å². The Morgan fingerprint density at radius 2 is 2.21 bits per heavy atom. The Balaban J connectivity index is 3.41. The molecule has 0 aliphatic rings. The van der Waals surface area contributed by atoms with Crippen molar-refractivity contribution in [3.05, 3.63) is 34.6 Å². The zero-order valence-electron chi connectivity index (χ0n) is 7.80. The number of carbonyl (C=O) groups is 1. The van der Waals surface area contributed by atoms with Gasteiger partial charge in [-0.15, -0.1) is 0 Å². The zero-order chi connectivity index (χ0) is 10.7. The Kier molecular flexibility index (Phi) is 2.82. The van der Waals surface area contributed by atoms with E-state index in [1.165, 1.54) is 13.2 Å². The maximum Gasteiger partial charge on any atom is 0.339 e. The number of ether oxygens (including phenoxy) is 1. The number of hydrogen-bond donors (Lipinski definition) is 0. The van der Waals surface area contributed by atoms with Crippen molar-refractivity contribution >= 4 is 5.97 Å². The summed E-state index contributed by atoms with van der Waals surface area (Å²) < 4.78 is 17.4. The van der Waals surface area contributed by atoms with E-state index in [2.05, 4.69) is 4.74 Å². The first-order valence-corrected chi connectivity index (χ1v) is 3.88. The molecule has 0 atom stereocenters. The number of hydrogen-bond acceptors (Lipinski definition) is 3. The highest BCUT2D eigenvalue weighted by Gasteiger charge is 2.15. The van der Waals surface area contributed by atoms with Gasteiger partial charge in [0.05, 0.1) is 18.2 Å². The van der Waals surface area contributed by atoms with E-state index in [4.69, 9.17) is 5.26 Å². The first kappa shape index (κ1) is 10.2. The summed E-state index contributed by atoms with van der Waals surface area (Å²) in [7, 11) is 1.18. The molecule has 0 radical (unpaired) electrons. The molecule has 0 amide bonds. The third-order valence-electron chi connectivity index (χ3n) is 1.82. The Morgan fingerprint density at radius 3 is 2.71 bits per heavy atom. The van der Waals surface area contributed by atoms with Crippen molar-refractivity contribution in [3.8, 4) is 6.07 Å². The van der Waals surface area contributed by atoms with Crippen molar-refractivity contribution in [3.63, 3.8) is 0 Å². The van der Waals surface area contributed by atoms with Crippen LogP contribution in [-0.2, 0) is 4.74 Å². The fraction of sp³-hybridized carbons (Fsp3) is 0.200. The first-order valence-electron chi connectivity index (χ1n) is 3.88. The van der Waals surface area contributed by atoms with E-state index in [-0.39, 0.29) is 11.1 Å². The maximum atomic E-state index is 12.9. The second-order valence-corrected chi connectivity index (χ2v) is 2.75. The van der Waals surface area contributed by atoms with Crippen LogP contribution >= 0.6 is 0 Å². The van der Waals surface area contributed by atoms with Crippen molar-refractivity contribution < 1.29 is 13.9 Å². The Morgan fingerprint density at radius 1 is 1.57 bits per heavy atom. The average Bonchev–Trinajstić information content (AvgIpc) is 2.15. The lowest BCUT2D eigenvalue weighted by Crippen LogP contribution is -2.06. The molecule has 3 nitrogen and oxygen atoms in total. The average molecular weight is 193 g/mol. The van der Waals surface area contributed by atoms with Gasteiger partial charge in [0.2, 0.25) is 0 Å². The third-order valence-corrected chi connectivity index (χ3v) is 1.82. The van der Waals surface area contributed by atoms with E-state index in [1.54, 1.807) is 6.92 Å². The number of esters is 1. The molecule has 0 aliphatic carbocycles. The highest BCUT2D eigenvalue weighted by atomic mass is 19.1. The molecule has 4 heteroatoms. The van der Waals surface area contributed by atoms with Gasteiger partial charge >= 0.3 is 5.97 Å². The van der Waals surface area contributed by atoms with Crippen molar-refractivity contribution in [2.75, 3.05) is 7.11 Å². The number of nitrogens with zero attached hydrogens (tertiary/aromatic N) is 1. The van der Waals surface area contributed by atoms with Crippen LogP contribution in [0.4, 0.5) is 4.39 Å². The van der Waals surface area contributed by atoms with E-state index in [9.17, 15) is 9.18 Å². The van der Waals surface area contributed by atoms with Crippen LogP contribution in [0, 0.1) is 24.1 Å². The summed E-state index contributed by atoms with van der Waals surface area (Å²) in [5, 5.41) is 8.75. The highest BCUT2D eigenvalue weighted by molar-refractivity contribution is 5.92. The van der Waals surface area contributed by atoms with Gasteiger partial charge in [0.25, 0.3) is 0 Å². The zero-order valence-corrected chi connectivity index (χ0v) is 7.80. The van der Waals surface area contributed by atoms with Crippen LogP contribution in [0.15, 0.2) is 12.1 Å². The van der Waals surface area contributed by atoms with E-state index >= 15 is 0 Å². The maximum absolute atomic E-state index is 12.9. The summed E-state index contributed by atoms with van der Waals surface area (Å²) in [6.07, 6.45) is 0. The summed E-state index contributed by atoms with van der Waals surface area (Å²) in [4.78, 5) is 11.2. The van der Waals surface area contributed by atoms with Crippen molar-refractivity contribution in [1.82, 2.24) is 0 Å². The standard InChI is InChI=1S/C10H8FNO2/c1-6-3-7(11)4-8(9(6)5-12)10(13)14-2/h3-4H,1-2H3. The molecule has 1 aromatic rings. The molecular formula is C10H8FNO2. The number of halogens is 1. The quantitative estimate of drug-likeness (QED) is 0.639. The summed E-state index contributed by atoms with van der Waals surface area (Å²) in [5.41, 5.74) is 0.540. The van der Waals surface area contributed by atoms with Crippen LogP contribution < -0.4 is 0 Å². The molecule has 0 fully saturated rings. The van der Waals surface area contributed by atoms with E-state index in [0.717, 1.165) is 6.07 Å². The van der Waals surface area contributed by atoms with E-state index in [0.29, 0.717) is 5.56 Å². The third kappa shape index (κ3) is 1.72. The second kappa shape index (κ2) is 3.88. The Hall–Kier alpha value is -1.89. The Bertz CT molecular complexity index is 421. The van der Waals surface area contributed by atoms with Crippen LogP contribution in [0.2, 0.25) is 0 Å². The molecule has 1 aromatic carbocycles. The molecule has 0 aliphatic heterocycles. The number of rotatable bonds is 1. The number of methoxy groups -OCH3 is 1. The molecule has 0 saturated heterocycles. The molecule has 72 valence electrons. The molecule has 0 bridgehead atoms. The lowest BCUT2D eigenvalue weighted by atomic mass is 10.0. The van der Waals surface area contributed by atoms with Gasteiger partial charge in [-0.25, -0.2) is 9.18 Å². The van der Waals surface area contributed by atoms with Gasteiger partial charge in [-0.05, 0) is 24.6 Å². The van der Waals surface area contributed by atoms with Gasteiger partial charge < -0.3 is 4.74 Å². The highest BCUT2D eigenvalue weighted by Crippen LogP contribution is 2.16. The largest absolute Gasteiger partial charge is 0.465 e. The van der Waals surface area contributed by atoms with Crippen LogP contribution in [0.3, 0.4) is 0 Å². The van der Waals surface area contributed by atoms with Gasteiger partial charge in [0, 0.05) is 0 Å². The SMILES string of the molecule is COC(=O)c1cc(F)cc(C)c1C#N. The normalized spacial score (nSPS) is 9.29. The number of aryl methyl sites for hydroxylation is 1. The minimum Gasteiger partial charge on any atom is -0.465 e. The number of carbonyl (C=O) groups excluding carboxylic acids is 1. The van der Waals surface area contributed by atoms with Gasteiger partial charge in [0.15, 0.2) is 0 Å². The monoisotopic (exact) mass is 193 g/mol. The lowest BCUT2D eigenvalue weighted by molar-refractivity contribution is 0.0599. The van der Waals surface area contributed by atoms with Crippen LogP contribution in [0.1, 0.15) is 21.5 Å². The Labute approximate surface area is 80.7 Å². The summed E-state index contributed by atoms with van der Waals surface area (Å²) in [6, 6.07) is 4.04. The predicted octanol–water partition coefficient (Wildman–Crippen LogP) is 1.79. The summed E-state index contributed by atoms with van der Waals surface area (Å²) in [6.45, 7) is 1.56. The molecule has 0 saturated carbocycles. The minimum absolute atomic E-state index is 0.0347. The van der Waals surface area contributed by atoms with E-state index in [1.807, 2.05) is 6.07 Å². The van der Waals surface area contributed by atoms with Crippen LogP contribution in [0.25, 0.3) is 0 Å². The summed E-state index contributed by atoms with van der Waals surface area (Å²) in [5.74, 6) is -1.26. The molecule has 0 aromatic heterocycles. The van der Waals surface area contributed by atoms with Crippen molar-refractivity contribution in [2.45, 2.75) is 6.92 Å². The topological polar surface area (TPSA) is 50.1 Å². The molecule has 14 heavy (non-hydrogen) atoms. The summed E-state index contributed by atoms with van der Waals surface area (Å²) >= 11 is 0. The van der Waals surface area contributed by atoms with Gasteiger partial charge in [-0.2, -0.15) is 5.26 Å². The first-order chi connectivity index (χ1) is 6.60. The molecule has 0 unspecified atom stereocenters. The number of benzene rings is 1. The predicted molar refractivity (Wildman–Crippen MR) is 47.2 cm³/mol. The van der Waals surface area contributed by atoms with Gasteiger partial charge in [-0.3, -0.25) is 0 Å². The fourth-order valence-electron chi connectivity index (χ4n) is 1.16. The molecule has 0 N–H and O–H groups in total. The molecule has 1 rings (SSSR count). The number of nitriles is 1. The smallest absolute Gasteiger partial charge is 0.339 e. The van der Waals surface area contributed by atoms with Gasteiger partial charge in [-0.1, -0.05) is 0 Å². The van der Waals surface area contributed by atoms with Crippen molar-refractivity contribution in [2.24, 2.45) is 0 Å². The minimum atomic E-state index is -0.704. The molecule has 0 spiro atoms. The van der Waals surface area contributed by atoms with Crippen molar-refractivity contribution in [1.29, 1.82) is 5.26 Å². The fourth-order valence-corrected chi connectivity index (χ4v) is 1.16. The second-order valence-electron chi connectivity index (χ2n) is 2.75. The van der Waals surface area contributed by atoms with Gasteiger partial charge in [0.1, 0.15) is 11.9 Å².